The molecule has 0 unspecified atom stereocenters. The van der Waals surface area contributed by atoms with E-state index >= 15 is 0 Å². The molecular formula is C31H44N4O2. The number of para-hydroxylation sites is 1. The van der Waals surface area contributed by atoms with E-state index in [-0.39, 0.29) is 23.8 Å². The topological polar surface area (TPSA) is 64.7 Å². The first-order valence-corrected chi connectivity index (χ1v) is 14.1. The first-order chi connectivity index (χ1) is 17.7. The van der Waals surface area contributed by atoms with Gasteiger partial charge in [-0.1, -0.05) is 52.8 Å². The number of piperidine rings is 2. The Balaban J connectivity index is 1.59. The monoisotopic (exact) mass is 504 g/mol. The van der Waals surface area contributed by atoms with E-state index in [9.17, 15) is 9.59 Å². The minimum atomic E-state index is -0.286. The van der Waals surface area contributed by atoms with Crippen LogP contribution in [0.4, 0.5) is 21.9 Å². The summed E-state index contributed by atoms with van der Waals surface area (Å²) in [7, 11) is 0. The van der Waals surface area contributed by atoms with Crippen molar-refractivity contribution in [3.8, 4) is 0 Å². The number of nitrogens with one attached hydrogen (secondary N) is 2. The van der Waals surface area contributed by atoms with E-state index in [1.54, 1.807) is 0 Å². The molecule has 2 N–H and O–H groups in total. The van der Waals surface area contributed by atoms with Crippen LogP contribution in [-0.2, 0) is 0 Å². The van der Waals surface area contributed by atoms with Crippen LogP contribution in [0.5, 0.6) is 0 Å². The van der Waals surface area contributed by atoms with Crippen molar-refractivity contribution in [3.63, 3.8) is 0 Å². The SMILES string of the molecule is CC1CCN(C(=O)c2cc(NC(=O)Nc3c(C(C)C)cccc3C(C)C)ccc2N2CCCCC2)CC1. The Kier molecular flexibility index (Phi) is 8.78. The van der Waals surface area contributed by atoms with Crippen LogP contribution in [0.3, 0.4) is 0 Å². The van der Waals surface area contributed by atoms with Crippen LogP contribution in [0, 0.1) is 5.92 Å². The Bertz CT molecular complexity index is 1070. The summed E-state index contributed by atoms with van der Waals surface area (Å²) in [5.74, 6) is 1.30. The molecule has 0 spiro atoms. The summed E-state index contributed by atoms with van der Waals surface area (Å²) in [4.78, 5) is 31.2. The van der Waals surface area contributed by atoms with Gasteiger partial charge in [-0.2, -0.15) is 0 Å². The van der Waals surface area contributed by atoms with Gasteiger partial charge in [-0.15, -0.1) is 0 Å². The maximum atomic E-state index is 13.7. The van der Waals surface area contributed by atoms with E-state index in [0.29, 0.717) is 17.2 Å². The van der Waals surface area contributed by atoms with Crippen molar-refractivity contribution >= 4 is 29.0 Å². The largest absolute Gasteiger partial charge is 0.371 e. The van der Waals surface area contributed by atoms with Gasteiger partial charge in [0.05, 0.1) is 5.56 Å². The van der Waals surface area contributed by atoms with Gasteiger partial charge in [-0.25, -0.2) is 4.79 Å². The minimum Gasteiger partial charge on any atom is -0.371 e. The summed E-state index contributed by atoms with van der Waals surface area (Å²) in [6.07, 6.45) is 5.60. The summed E-state index contributed by atoms with van der Waals surface area (Å²) in [6.45, 7) is 14.3. The fraction of sp³-hybridized carbons (Fsp3) is 0.548. The fourth-order valence-electron chi connectivity index (χ4n) is 5.55. The maximum Gasteiger partial charge on any atom is 0.323 e. The molecule has 2 heterocycles. The van der Waals surface area contributed by atoms with E-state index in [1.165, 1.54) is 6.42 Å². The normalized spacial score (nSPS) is 16.8. The number of nitrogens with zero attached hydrogens (tertiary/aromatic N) is 2. The molecule has 4 rings (SSSR count). The molecule has 0 bridgehead atoms. The summed E-state index contributed by atoms with van der Waals surface area (Å²) in [5, 5.41) is 6.15. The molecule has 2 fully saturated rings. The maximum absolute atomic E-state index is 13.7. The van der Waals surface area contributed by atoms with E-state index < -0.39 is 0 Å². The van der Waals surface area contributed by atoms with Crippen molar-refractivity contribution in [2.45, 2.75) is 78.6 Å². The molecule has 0 saturated carbocycles. The highest BCUT2D eigenvalue weighted by atomic mass is 16.2. The highest BCUT2D eigenvalue weighted by molar-refractivity contribution is 6.04. The average molecular weight is 505 g/mol. The lowest BCUT2D eigenvalue weighted by Gasteiger charge is -2.34. The zero-order chi connectivity index (χ0) is 26.5. The van der Waals surface area contributed by atoms with Crippen molar-refractivity contribution in [1.82, 2.24) is 4.90 Å². The zero-order valence-electron chi connectivity index (χ0n) is 23.3. The standard InChI is InChI=1S/C31H44N4O2/c1-21(2)25-10-9-11-26(22(3)4)29(25)33-31(37)32-24-12-13-28(34-16-7-6-8-17-34)27(20-24)30(36)35-18-14-23(5)15-19-35/h9-13,20-23H,6-8,14-19H2,1-5H3,(H2,32,33,37). The van der Waals surface area contributed by atoms with Crippen molar-refractivity contribution in [2.24, 2.45) is 5.92 Å². The van der Waals surface area contributed by atoms with E-state index in [4.69, 9.17) is 0 Å². The first kappa shape index (κ1) is 27.0. The number of urea groups is 1. The molecule has 0 aromatic heterocycles. The Morgan fingerprint density at radius 1 is 0.838 bits per heavy atom. The molecular weight excluding hydrogens is 460 g/mol. The molecule has 2 aliphatic rings. The zero-order valence-corrected chi connectivity index (χ0v) is 23.3. The molecule has 2 aromatic rings. The number of rotatable bonds is 6. The fourth-order valence-corrected chi connectivity index (χ4v) is 5.55. The molecule has 0 atom stereocenters. The Morgan fingerprint density at radius 2 is 1.46 bits per heavy atom. The number of carbonyl (C=O) groups is 2. The van der Waals surface area contributed by atoms with Gasteiger partial charge < -0.3 is 20.4 Å². The number of likely N-dealkylation sites (tertiary alicyclic amines) is 1. The second kappa shape index (κ2) is 12.0. The summed E-state index contributed by atoms with van der Waals surface area (Å²) >= 11 is 0. The molecule has 37 heavy (non-hydrogen) atoms. The third kappa shape index (κ3) is 6.46. The van der Waals surface area contributed by atoms with E-state index in [1.807, 2.05) is 23.1 Å². The van der Waals surface area contributed by atoms with Gasteiger partial charge >= 0.3 is 6.03 Å². The quantitative estimate of drug-likeness (QED) is 0.430. The van der Waals surface area contributed by atoms with Gasteiger partial charge in [-0.05, 0) is 79.2 Å². The van der Waals surface area contributed by atoms with Crippen molar-refractivity contribution < 1.29 is 9.59 Å². The third-order valence-electron chi connectivity index (χ3n) is 7.86. The first-order valence-electron chi connectivity index (χ1n) is 14.1. The predicted molar refractivity (Wildman–Crippen MR) is 154 cm³/mol. The molecule has 2 saturated heterocycles. The van der Waals surface area contributed by atoms with Crippen LogP contribution in [0.2, 0.25) is 0 Å². The third-order valence-corrected chi connectivity index (χ3v) is 7.86. The lowest BCUT2D eigenvalue weighted by molar-refractivity contribution is 0.0697. The predicted octanol–water partition coefficient (Wildman–Crippen LogP) is 7.44. The summed E-state index contributed by atoms with van der Waals surface area (Å²) in [6, 6.07) is 11.8. The molecule has 200 valence electrons. The van der Waals surface area contributed by atoms with Crippen LogP contribution in [-0.4, -0.2) is 43.0 Å². The molecule has 2 aliphatic heterocycles. The van der Waals surface area contributed by atoms with E-state index in [2.05, 4.69) is 68.4 Å². The average Bonchev–Trinajstić information content (AvgIpc) is 2.89. The molecule has 6 heteroatoms. The Hall–Kier alpha value is -3.02. The number of carbonyl (C=O) groups excluding carboxylic acids is 2. The molecule has 2 aromatic carbocycles. The van der Waals surface area contributed by atoms with Gasteiger partial charge in [0.2, 0.25) is 0 Å². The highest BCUT2D eigenvalue weighted by Gasteiger charge is 2.26. The minimum absolute atomic E-state index is 0.0729. The van der Waals surface area contributed by atoms with Gasteiger partial charge in [0.1, 0.15) is 0 Å². The smallest absolute Gasteiger partial charge is 0.323 e. The molecule has 3 amide bonds. The van der Waals surface area contributed by atoms with E-state index in [0.717, 1.165) is 74.4 Å². The van der Waals surface area contributed by atoms with Gasteiger partial charge in [0.25, 0.3) is 5.91 Å². The van der Waals surface area contributed by atoms with Crippen LogP contribution in [0.15, 0.2) is 36.4 Å². The lowest BCUT2D eigenvalue weighted by Crippen LogP contribution is -2.39. The number of hydrogen-bond acceptors (Lipinski definition) is 3. The van der Waals surface area contributed by atoms with Gasteiger partial charge in [0, 0.05) is 43.2 Å². The number of benzene rings is 2. The molecule has 0 aliphatic carbocycles. The second-order valence-corrected chi connectivity index (χ2v) is 11.5. The number of hydrogen-bond donors (Lipinski definition) is 2. The van der Waals surface area contributed by atoms with Crippen molar-refractivity contribution in [1.29, 1.82) is 0 Å². The number of amides is 3. The summed E-state index contributed by atoms with van der Waals surface area (Å²) in [5.41, 5.74) is 5.45. The lowest BCUT2D eigenvalue weighted by atomic mass is 9.93. The molecule has 6 nitrogen and oxygen atoms in total. The Morgan fingerprint density at radius 3 is 2.05 bits per heavy atom. The molecule has 0 radical (unpaired) electrons. The van der Waals surface area contributed by atoms with Crippen molar-refractivity contribution in [3.05, 3.63) is 53.1 Å². The van der Waals surface area contributed by atoms with Crippen LogP contribution >= 0.6 is 0 Å². The number of anilines is 3. The second-order valence-electron chi connectivity index (χ2n) is 11.5. The van der Waals surface area contributed by atoms with Crippen LogP contribution < -0.4 is 15.5 Å². The van der Waals surface area contributed by atoms with Crippen molar-refractivity contribution in [2.75, 3.05) is 41.7 Å². The van der Waals surface area contributed by atoms with Crippen LogP contribution in [0.1, 0.15) is 100 Å². The highest BCUT2D eigenvalue weighted by Crippen LogP contribution is 2.33. The Labute approximate surface area is 222 Å². The van der Waals surface area contributed by atoms with Gasteiger partial charge in [-0.3, -0.25) is 4.79 Å². The summed E-state index contributed by atoms with van der Waals surface area (Å²) < 4.78 is 0. The van der Waals surface area contributed by atoms with Crippen LogP contribution in [0.25, 0.3) is 0 Å². The van der Waals surface area contributed by atoms with Gasteiger partial charge in [0.15, 0.2) is 0 Å².